The Morgan fingerprint density at radius 1 is 1.64 bits per heavy atom. The monoisotopic (exact) mass is 200 g/mol. The van der Waals surface area contributed by atoms with Crippen LogP contribution in [0.1, 0.15) is 19.8 Å². The number of rotatable bonds is 1. The van der Waals surface area contributed by atoms with Crippen LogP contribution in [0.3, 0.4) is 0 Å². The molecule has 0 amide bonds. The summed E-state index contributed by atoms with van der Waals surface area (Å²) in [6.45, 7) is 1.91. The van der Waals surface area contributed by atoms with Gasteiger partial charge in [-0.3, -0.25) is 4.79 Å². The minimum absolute atomic E-state index is 0.00245. The molecule has 2 N–H and O–H groups in total. The summed E-state index contributed by atoms with van der Waals surface area (Å²) in [4.78, 5) is 11.3. The Morgan fingerprint density at radius 3 is 3.00 bits per heavy atom. The molecule has 1 saturated carbocycles. The third kappa shape index (κ3) is 1.33. The number of esters is 1. The first kappa shape index (κ1) is 9.93. The van der Waals surface area contributed by atoms with Gasteiger partial charge in [0.1, 0.15) is 0 Å². The molecule has 0 spiro atoms. The Kier molecular flexibility index (Phi) is 2.27. The molecule has 1 saturated heterocycles. The van der Waals surface area contributed by atoms with Gasteiger partial charge < -0.3 is 14.9 Å². The second-order valence-corrected chi connectivity index (χ2v) is 4.59. The topological polar surface area (TPSA) is 66.8 Å². The number of hydrogen-bond acceptors (Lipinski definition) is 4. The van der Waals surface area contributed by atoms with Crippen molar-refractivity contribution in [1.82, 2.24) is 0 Å². The second kappa shape index (κ2) is 3.21. The third-order valence-electron chi connectivity index (χ3n) is 3.72. The lowest BCUT2D eigenvalue weighted by Gasteiger charge is -2.36. The number of carbonyl (C=O) groups excluding carboxylic acids is 1. The van der Waals surface area contributed by atoms with Crippen molar-refractivity contribution >= 4 is 5.97 Å². The molecule has 2 fully saturated rings. The van der Waals surface area contributed by atoms with E-state index in [0.29, 0.717) is 13.0 Å². The van der Waals surface area contributed by atoms with Crippen LogP contribution >= 0.6 is 0 Å². The van der Waals surface area contributed by atoms with Gasteiger partial charge in [0.05, 0.1) is 24.7 Å². The van der Waals surface area contributed by atoms with E-state index in [0.717, 1.165) is 6.42 Å². The normalized spacial score (nSPS) is 47.4. The molecule has 0 aromatic carbocycles. The molecule has 1 aliphatic heterocycles. The fourth-order valence-corrected chi connectivity index (χ4v) is 2.76. The van der Waals surface area contributed by atoms with Crippen molar-refractivity contribution in [3.05, 3.63) is 0 Å². The van der Waals surface area contributed by atoms with Crippen LogP contribution in [0.5, 0.6) is 0 Å². The van der Waals surface area contributed by atoms with E-state index in [1.807, 2.05) is 0 Å². The molecule has 14 heavy (non-hydrogen) atoms. The molecular formula is C10H16O4. The van der Waals surface area contributed by atoms with E-state index >= 15 is 0 Å². The van der Waals surface area contributed by atoms with Crippen molar-refractivity contribution < 1.29 is 19.7 Å². The Morgan fingerprint density at radius 2 is 2.36 bits per heavy atom. The number of aliphatic hydroxyl groups excluding tert-OH is 1. The van der Waals surface area contributed by atoms with Crippen LogP contribution in [0.25, 0.3) is 0 Å². The summed E-state index contributed by atoms with van der Waals surface area (Å²) in [5.74, 6) is -0.650. The van der Waals surface area contributed by atoms with Gasteiger partial charge in [-0.25, -0.2) is 0 Å². The smallest absolute Gasteiger partial charge is 0.311 e. The molecule has 0 aromatic heterocycles. The Bertz CT molecular complexity index is 249. The molecule has 4 heteroatoms. The number of hydrogen-bond donors (Lipinski definition) is 2. The SMILES string of the molecule is C[C@@]1(O)CCC2C1COC(=O)[C@H]2CO. The molecule has 0 aromatic rings. The molecule has 4 nitrogen and oxygen atoms in total. The number of fused-ring (bicyclic) bond motifs is 1. The fraction of sp³-hybridized carbons (Fsp3) is 0.900. The number of aliphatic hydroxyl groups is 2. The van der Waals surface area contributed by atoms with Gasteiger partial charge in [0.25, 0.3) is 0 Å². The second-order valence-electron chi connectivity index (χ2n) is 4.59. The summed E-state index contributed by atoms with van der Waals surface area (Å²) in [6, 6.07) is 0. The van der Waals surface area contributed by atoms with Crippen LogP contribution in [0.2, 0.25) is 0 Å². The molecule has 2 aliphatic rings. The first-order valence-electron chi connectivity index (χ1n) is 5.06. The highest BCUT2D eigenvalue weighted by Gasteiger charge is 2.52. The van der Waals surface area contributed by atoms with E-state index in [4.69, 9.17) is 9.84 Å². The van der Waals surface area contributed by atoms with E-state index in [-0.39, 0.29) is 24.4 Å². The van der Waals surface area contributed by atoms with Gasteiger partial charge >= 0.3 is 5.97 Å². The largest absolute Gasteiger partial charge is 0.465 e. The van der Waals surface area contributed by atoms with E-state index in [1.54, 1.807) is 6.92 Å². The first-order chi connectivity index (χ1) is 6.56. The number of carbonyl (C=O) groups is 1. The van der Waals surface area contributed by atoms with Crippen molar-refractivity contribution in [2.45, 2.75) is 25.4 Å². The number of ether oxygens (including phenoxy) is 1. The highest BCUT2D eigenvalue weighted by Crippen LogP contribution is 2.46. The molecule has 2 rings (SSSR count). The van der Waals surface area contributed by atoms with Gasteiger partial charge in [-0.15, -0.1) is 0 Å². The highest BCUT2D eigenvalue weighted by atomic mass is 16.5. The summed E-state index contributed by atoms with van der Waals surface area (Å²) in [5, 5.41) is 19.1. The van der Waals surface area contributed by atoms with E-state index < -0.39 is 11.5 Å². The van der Waals surface area contributed by atoms with Crippen LogP contribution in [-0.2, 0) is 9.53 Å². The van der Waals surface area contributed by atoms with Gasteiger partial charge in [-0.2, -0.15) is 0 Å². The van der Waals surface area contributed by atoms with Gasteiger partial charge in [-0.1, -0.05) is 0 Å². The molecule has 0 bridgehead atoms. The summed E-state index contributed by atoms with van der Waals surface area (Å²) in [7, 11) is 0. The molecule has 80 valence electrons. The van der Waals surface area contributed by atoms with Crippen LogP contribution in [0.4, 0.5) is 0 Å². The van der Waals surface area contributed by atoms with Crippen LogP contribution in [0.15, 0.2) is 0 Å². The maximum atomic E-state index is 11.3. The minimum atomic E-state index is -0.737. The molecule has 2 unspecified atom stereocenters. The summed E-state index contributed by atoms with van der Waals surface area (Å²) < 4.78 is 4.97. The molecule has 0 radical (unpaired) electrons. The Balaban J connectivity index is 2.20. The van der Waals surface area contributed by atoms with Gasteiger partial charge in [0, 0.05) is 5.92 Å². The van der Waals surface area contributed by atoms with Gasteiger partial charge in [0.15, 0.2) is 0 Å². The summed E-state index contributed by atoms with van der Waals surface area (Å²) in [5.41, 5.74) is -0.737. The average Bonchev–Trinajstić information content (AvgIpc) is 2.42. The van der Waals surface area contributed by atoms with Crippen LogP contribution in [0, 0.1) is 17.8 Å². The maximum Gasteiger partial charge on any atom is 0.311 e. The lowest BCUT2D eigenvalue weighted by molar-refractivity contribution is -0.168. The summed E-state index contributed by atoms with van der Waals surface area (Å²) in [6.07, 6.45) is 1.49. The maximum absolute atomic E-state index is 11.3. The Hall–Kier alpha value is -0.610. The predicted octanol–water partition coefficient (Wildman–Crippen LogP) is -0.0711. The van der Waals surface area contributed by atoms with Crippen molar-refractivity contribution in [3.8, 4) is 0 Å². The lowest BCUT2D eigenvalue weighted by Crippen LogP contribution is -2.45. The number of cyclic esters (lactones) is 1. The predicted molar refractivity (Wildman–Crippen MR) is 48.4 cm³/mol. The van der Waals surface area contributed by atoms with E-state index in [1.165, 1.54) is 0 Å². The molecule has 4 atom stereocenters. The highest BCUT2D eigenvalue weighted by molar-refractivity contribution is 5.74. The zero-order valence-electron chi connectivity index (χ0n) is 8.27. The Labute approximate surface area is 82.9 Å². The van der Waals surface area contributed by atoms with Crippen molar-refractivity contribution in [3.63, 3.8) is 0 Å². The molecule has 1 aliphatic carbocycles. The lowest BCUT2D eigenvalue weighted by atomic mass is 9.79. The van der Waals surface area contributed by atoms with E-state index in [2.05, 4.69) is 0 Å². The van der Waals surface area contributed by atoms with Crippen LogP contribution in [-0.4, -0.2) is 35.0 Å². The van der Waals surface area contributed by atoms with Crippen molar-refractivity contribution in [2.75, 3.05) is 13.2 Å². The van der Waals surface area contributed by atoms with Crippen molar-refractivity contribution in [2.24, 2.45) is 17.8 Å². The molecular weight excluding hydrogens is 184 g/mol. The quantitative estimate of drug-likeness (QED) is 0.581. The van der Waals surface area contributed by atoms with Gasteiger partial charge in [0.2, 0.25) is 0 Å². The standard InChI is InChI=1S/C10H16O4/c1-10(13)3-2-6-7(4-11)9(12)14-5-8(6)10/h6-8,11,13H,2-5H2,1H3/t6?,7-,8?,10+/m0/s1. The third-order valence-corrected chi connectivity index (χ3v) is 3.72. The first-order valence-corrected chi connectivity index (χ1v) is 5.06. The molecule has 1 heterocycles. The van der Waals surface area contributed by atoms with Gasteiger partial charge in [-0.05, 0) is 25.7 Å². The van der Waals surface area contributed by atoms with Crippen LogP contribution < -0.4 is 0 Å². The minimum Gasteiger partial charge on any atom is -0.465 e. The zero-order valence-corrected chi connectivity index (χ0v) is 8.27. The average molecular weight is 200 g/mol. The zero-order chi connectivity index (χ0) is 10.3. The van der Waals surface area contributed by atoms with E-state index in [9.17, 15) is 9.90 Å². The fourth-order valence-electron chi connectivity index (χ4n) is 2.76. The summed E-state index contributed by atoms with van der Waals surface area (Å²) >= 11 is 0. The van der Waals surface area contributed by atoms with Crippen molar-refractivity contribution in [1.29, 1.82) is 0 Å².